The summed E-state index contributed by atoms with van der Waals surface area (Å²) < 4.78 is 2.55. The molecule has 0 saturated carbocycles. The van der Waals surface area contributed by atoms with Crippen LogP contribution in [0.25, 0.3) is 27.5 Å². The average molecular weight is 383 g/mol. The van der Waals surface area contributed by atoms with Crippen LogP contribution < -0.4 is 16.4 Å². The van der Waals surface area contributed by atoms with Gasteiger partial charge in [-0.25, -0.2) is 0 Å². The third kappa shape index (κ3) is 1.73. The van der Waals surface area contributed by atoms with Crippen molar-refractivity contribution in [3.8, 4) is 5.69 Å². The van der Waals surface area contributed by atoms with Crippen LogP contribution in [0.2, 0.25) is 0 Å². The Morgan fingerprint density at radius 1 is 0.700 bits per heavy atom. The number of rotatable bonds is 0. The highest BCUT2D eigenvalue weighted by atomic mass is 15.0. The van der Waals surface area contributed by atoms with Gasteiger partial charge in [-0.15, -0.1) is 0 Å². The van der Waals surface area contributed by atoms with Crippen molar-refractivity contribution in [3.63, 3.8) is 0 Å². The Balaban J connectivity index is 1.80. The van der Waals surface area contributed by atoms with Crippen molar-refractivity contribution in [3.05, 3.63) is 95.6 Å². The fourth-order valence-electron chi connectivity index (χ4n) is 6.31. The second kappa shape index (κ2) is 5.26. The summed E-state index contributed by atoms with van der Waals surface area (Å²) in [5.41, 5.74) is 12.7. The molecule has 142 valence electrons. The fraction of sp³-hybridized carbons (Fsp3) is 0.143. The minimum atomic E-state index is -0.0147. The number of benzene rings is 4. The quantitative estimate of drug-likeness (QED) is 0.339. The molecule has 1 nitrogen and oxygen atoms in total. The number of nitrogens with zero attached hydrogens (tertiary/aromatic N) is 1. The fourth-order valence-corrected chi connectivity index (χ4v) is 6.31. The first-order chi connectivity index (χ1) is 14.6. The summed E-state index contributed by atoms with van der Waals surface area (Å²) in [5.74, 6) is 0. The van der Waals surface area contributed by atoms with E-state index in [1.807, 2.05) is 0 Å². The number of hydrogen-bond acceptors (Lipinski definition) is 0. The second-order valence-electron chi connectivity index (χ2n) is 9.43. The van der Waals surface area contributed by atoms with Gasteiger partial charge in [-0.2, -0.15) is 0 Å². The Bertz CT molecular complexity index is 1540. The lowest BCUT2D eigenvalue weighted by Gasteiger charge is -2.41. The third-order valence-electron chi connectivity index (χ3n) is 7.59. The second-order valence-corrected chi connectivity index (χ2v) is 9.43. The van der Waals surface area contributed by atoms with Crippen LogP contribution in [-0.4, -0.2) is 11.3 Å². The Labute approximate surface area is 177 Å². The molecule has 0 amide bonds. The minimum absolute atomic E-state index is 0.0147. The van der Waals surface area contributed by atoms with Crippen LogP contribution in [0.1, 0.15) is 30.5 Å². The lowest BCUT2D eigenvalue weighted by atomic mass is 9.30. The van der Waals surface area contributed by atoms with E-state index in [2.05, 4.69) is 104 Å². The molecule has 4 aromatic carbocycles. The molecule has 0 spiro atoms. The maximum Gasteiger partial charge on any atom is 0.247 e. The van der Waals surface area contributed by atoms with Gasteiger partial charge in [-0.1, -0.05) is 92.1 Å². The van der Waals surface area contributed by atoms with E-state index in [-0.39, 0.29) is 5.41 Å². The van der Waals surface area contributed by atoms with E-state index in [9.17, 15) is 0 Å². The first-order valence-corrected chi connectivity index (χ1v) is 10.8. The molecule has 0 unspecified atom stereocenters. The van der Waals surface area contributed by atoms with Gasteiger partial charge in [0.15, 0.2) is 0 Å². The van der Waals surface area contributed by atoms with E-state index >= 15 is 0 Å². The SMILES string of the molecule is Cc1cccc2c1-n1c3ccccc3c3ccc4c(c31)B2c1ccccc1C4(C)C. The molecular formula is C28H22BN. The van der Waals surface area contributed by atoms with Crippen LogP contribution in [-0.2, 0) is 5.41 Å². The number of para-hydroxylation sites is 2. The first-order valence-electron chi connectivity index (χ1n) is 10.8. The van der Waals surface area contributed by atoms with E-state index < -0.39 is 0 Å². The summed E-state index contributed by atoms with van der Waals surface area (Å²) in [6.45, 7) is 7.32. The van der Waals surface area contributed by atoms with Crippen molar-refractivity contribution in [1.29, 1.82) is 0 Å². The zero-order valence-corrected chi connectivity index (χ0v) is 17.5. The van der Waals surface area contributed by atoms with Crippen LogP contribution in [0, 0.1) is 6.92 Å². The molecule has 30 heavy (non-hydrogen) atoms. The molecule has 5 aromatic rings. The predicted molar refractivity (Wildman–Crippen MR) is 129 cm³/mol. The molecule has 0 N–H and O–H groups in total. The molecular weight excluding hydrogens is 361 g/mol. The number of hydrogen-bond donors (Lipinski definition) is 0. The average Bonchev–Trinajstić information content (AvgIpc) is 3.09. The topological polar surface area (TPSA) is 4.93 Å². The predicted octanol–water partition coefficient (Wildman–Crippen LogP) is 4.56. The highest BCUT2D eigenvalue weighted by molar-refractivity contribution is 6.99. The maximum absolute atomic E-state index is 2.55. The standard InChI is InChI=1S/C28H22BN/c1-17-9-8-13-23-26(17)30-24-14-7-4-10-18(24)19-15-16-21-25(27(19)30)29(23)22-12-6-5-11-20(22)28(21,2)3/h4-16H,1-3H3. The van der Waals surface area contributed by atoms with Crippen molar-refractivity contribution >= 4 is 44.9 Å². The highest BCUT2D eigenvalue weighted by Gasteiger charge is 2.44. The summed E-state index contributed by atoms with van der Waals surface area (Å²) in [4.78, 5) is 0. The van der Waals surface area contributed by atoms with Crippen molar-refractivity contribution in [2.45, 2.75) is 26.2 Å². The van der Waals surface area contributed by atoms with Gasteiger partial charge in [0.1, 0.15) is 0 Å². The maximum atomic E-state index is 2.55. The number of aryl methyl sites for hydroxylation is 1. The minimum Gasteiger partial charge on any atom is -0.310 e. The zero-order chi connectivity index (χ0) is 20.2. The third-order valence-corrected chi connectivity index (χ3v) is 7.59. The zero-order valence-electron chi connectivity index (χ0n) is 17.5. The van der Waals surface area contributed by atoms with Gasteiger partial charge < -0.3 is 4.57 Å². The Hall–Kier alpha value is -3.26. The Kier molecular flexibility index (Phi) is 2.90. The van der Waals surface area contributed by atoms with Crippen molar-refractivity contribution in [2.75, 3.05) is 0 Å². The van der Waals surface area contributed by atoms with Crippen LogP contribution in [0.5, 0.6) is 0 Å². The van der Waals surface area contributed by atoms with Crippen molar-refractivity contribution < 1.29 is 0 Å². The molecule has 0 aliphatic carbocycles. The lowest BCUT2D eigenvalue weighted by Crippen LogP contribution is -2.63. The number of aromatic nitrogens is 1. The van der Waals surface area contributed by atoms with Crippen molar-refractivity contribution in [1.82, 2.24) is 4.57 Å². The van der Waals surface area contributed by atoms with Gasteiger partial charge in [0.25, 0.3) is 0 Å². The van der Waals surface area contributed by atoms with Gasteiger partial charge in [0.05, 0.1) is 5.52 Å². The van der Waals surface area contributed by atoms with Gasteiger partial charge in [-0.3, -0.25) is 0 Å². The molecule has 0 saturated heterocycles. The number of fused-ring (bicyclic) bond motifs is 8. The molecule has 2 aliphatic heterocycles. The molecule has 1 aromatic heterocycles. The Morgan fingerprint density at radius 3 is 2.37 bits per heavy atom. The van der Waals surface area contributed by atoms with Crippen LogP contribution >= 0.6 is 0 Å². The molecule has 7 rings (SSSR count). The smallest absolute Gasteiger partial charge is 0.247 e. The molecule has 0 bridgehead atoms. The van der Waals surface area contributed by atoms with E-state index in [1.54, 1.807) is 0 Å². The van der Waals surface area contributed by atoms with Gasteiger partial charge in [0, 0.05) is 27.4 Å². The molecule has 0 radical (unpaired) electrons. The molecule has 0 atom stereocenters. The van der Waals surface area contributed by atoms with E-state index in [4.69, 9.17) is 0 Å². The van der Waals surface area contributed by atoms with E-state index in [0.717, 1.165) is 0 Å². The van der Waals surface area contributed by atoms with Crippen molar-refractivity contribution in [2.24, 2.45) is 0 Å². The summed E-state index contributed by atoms with van der Waals surface area (Å²) in [6.07, 6.45) is 0. The summed E-state index contributed by atoms with van der Waals surface area (Å²) in [5, 5.41) is 2.72. The highest BCUT2D eigenvalue weighted by Crippen LogP contribution is 2.40. The van der Waals surface area contributed by atoms with Gasteiger partial charge >= 0.3 is 0 Å². The first kappa shape index (κ1) is 16.5. The summed E-state index contributed by atoms with van der Waals surface area (Å²) >= 11 is 0. The van der Waals surface area contributed by atoms with Gasteiger partial charge in [-0.05, 0) is 40.6 Å². The Morgan fingerprint density at radius 2 is 1.47 bits per heavy atom. The molecule has 2 aliphatic rings. The molecule has 3 heterocycles. The summed E-state index contributed by atoms with van der Waals surface area (Å²) in [6, 6.07) is 29.6. The van der Waals surface area contributed by atoms with E-state index in [0.29, 0.717) is 6.71 Å². The molecule has 2 heteroatoms. The van der Waals surface area contributed by atoms with Crippen LogP contribution in [0.15, 0.2) is 78.9 Å². The monoisotopic (exact) mass is 383 g/mol. The molecule has 0 fully saturated rings. The largest absolute Gasteiger partial charge is 0.310 e. The van der Waals surface area contributed by atoms with Gasteiger partial charge in [0.2, 0.25) is 6.71 Å². The lowest BCUT2D eigenvalue weighted by molar-refractivity contribution is 0.646. The van der Waals surface area contributed by atoms with Crippen LogP contribution in [0.4, 0.5) is 0 Å². The normalized spacial score (nSPS) is 15.4. The van der Waals surface area contributed by atoms with Crippen LogP contribution in [0.3, 0.4) is 0 Å². The van der Waals surface area contributed by atoms with E-state index in [1.165, 1.54) is 60.6 Å². The summed E-state index contributed by atoms with van der Waals surface area (Å²) in [7, 11) is 0.